The van der Waals surface area contributed by atoms with Gasteiger partial charge in [0.1, 0.15) is 16.6 Å². The van der Waals surface area contributed by atoms with Gasteiger partial charge < -0.3 is 19.6 Å². The first-order valence-electron chi connectivity index (χ1n) is 7.41. The van der Waals surface area contributed by atoms with Crippen LogP contribution < -0.4 is 10.2 Å². The summed E-state index contributed by atoms with van der Waals surface area (Å²) >= 11 is 5.99. The van der Waals surface area contributed by atoms with Crippen molar-refractivity contribution in [3.63, 3.8) is 0 Å². The summed E-state index contributed by atoms with van der Waals surface area (Å²) in [6.07, 6.45) is -1.59. The summed E-state index contributed by atoms with van der Waals surface area (Å²) in [5, 5.41) is 11.7. The van der Waals surface area contributed by atoms with Crippen LogP contribution >= 0.6 is 11.6 Å². The van der Waals surface area contributed by atoms with Gasteiger partial charge in [0, 0.05) is 32.2 Å². The zero-order valence-electron chi connectivity index (χ0n) is 13.7. The summed E-state index contributed by atoms with van der Waals surface area (Å²) in [6.45, 7) is 6.85. The molecular formula is C14H20ClN5O4. The zero-order valence-corrected chi connectivity index (χ0v) is 14.5. The maximum atomic E-state index is 11.8. The van der Waals surface area contributed by atoms with Crippen molar-refractivity contribution in [1.29, 1.82) is 0 Å². The smallest absolute Gasteiger partial charge is 0.413 e. The number of halogens is 1. The molecule has 2 rings (SSSR count). The van der Waals surface area contributed by atoms with Crippen LogP contribution in [0.25, 0.3) is 0 Å². The topological polar surface area (TPSA) is 108 Å². The molecule has 0 bridgehead atoms. The highest BCUT2D eigenvalue weighted by Gasteiger charge is 2.23. The van der Waals surface area contributed by atoms with Crippen molar-refractivity contribution in [2.45, 2.75) is 26.4 Å². The lowest BCUT2D eigenvalue weighted by atomic mass is 10.2. The number of carbonyl (C=O) groups excluding carboxylic acids is 1. The number of hydrogen-bond donors (Lipinski definition) is 2. The van der Waals surface area contributed by atoms with Crippen LogP contribution in [0.3, 0.4) is 0 Å². The van der Waals surface area contributed by atoms with Gasteiger partial charge in [-0.15, -0.1) is 0 Å². The van der Waals surface area contributed by atoms with E-state index in [-0.39, 0.29) is 11.0 Å². The van der Waals surface area contributed by atoms with Gasteiger partial charge in [0.25, 0.3) is 0 Å². The van der Waals surface area contributed by atoms with Crippen LogP contribution in [0.2, 0.25) is 5.15 Å². The van der Waals surface area contributed by atoms with Gasteiger partial charge in [0.15, 0.2) is 0 Å². The van der Waals surface area contributed by atoms with Crippen LogP contribution in [0.4, 0.5) is 21.4 Å². The van der Waals surface area contributed by atoms with Crippen LogP contribution in [0.15, 0.2) is 6.07 Å². The van der Waals surface area contributed by atoms with Crippen LogP contribution in [0.5, 0.6) is 0 Å². The number of piperazine rings is 1. The number of rotatable bonds is 2. The first kappa shape index (κ1) is 18.1. The molecule has 0 spiro atoms. The van der Waals surface area contributed by atoms with E-state index in [1.807, 2.05) is 4.90 Å². The van der Waals surface area contributed by atoms with E-state index in [1.54, 1.807) is 20.8 Å². The summed E-state index contributed by atoms with van der Waals surface area (Å²) < 4.78 is 5.17. The Balaban J connectivity index is 2.06. The number of aromatic nitrogens is 2. The number of nitrogens with zero attached hydrogens (tertiary/aromatic N) is 4. The average Bonchev–Trinajstić information content (AvgIpc) is 2.44. The second-order valence-electron chi connectivity index (χ2n) is 6.26. The molecule has 0 unspecified atom stereocenters. The van der Waals surface area contributed by atoms with Crippen molar-refractivity contribution in [2.75, 3.05) is 36.4 Å². The van der Waals surface area contributed by atoms with E-state index < -0.39 is 17.8 Å². The predicted octanol–water partition coefficient (Wildman–Crippen LogP) is 2.28. The molecule has 2 amide bonds. The molecule has 2 N–H and O–H groups in total. The highest BCUT2D eigenvalue weighted by Crippen LogP contribution is 2.19. The zero-order chi connectivity index (χ0) is 17.9. The number of amides is 2. The quantitative estimate of drug-likeness (QED) is 0.781. The summed E-state index contributed by atoms with van der Waals surface area (Å²) in [6, 6.07) is 1.42. The average molecular weight is 358 g/mol. The minimum Gasteiger partial charge on any atom is -0.465 e. The highest BCUT2D eigenvalue weighted by molar-refractivity contribution is 6.29. The molecule has 10 heteroatoms. The molecule has 0 saturated carbocycles. The Hall–Kier alpha value is -2.29. The molecule has 24 heavy (non-hydrogen) atoms. The molecule has 2 heterocycles. The van der Waals surface area contributed by atoms with Gasteiger partial charge in [-0.1, -0.05) is 11.6 Å². The Bertz CT molecular complexity index is 626. The van der Waals surface area contributed by atoms with Gasteiger partial charge in [0.2, 0.25) is 5.95 Å². The lowest BCUT2D eigenvalue weighted by molar-refractivity contribution is 0.0635. The number of hydrogen-bond acceptors (Lipinski definition) is 6. The minimum atomic E-state index is -0.950. The minimum absolute atomic E-state index is 0.173. The molecule has 132 valence electrons. The lowest BCUT2D eigenvalue weighted by Crippen LogP contribution is -2.48. The number of carboxylic acid groups (broad SMARTS) is 1. The van der Waals surface area contributed by atoms with E-state index in [0.717, 1.165) is 0 Å². The number of carbonyl (C=O) groups is 2. The van der Waals surface area contributed by atoms with Gasteiger partial charge in [-0.2, -0.15) is 4.98 Å². The Labute approximate surface area is 144 Å². The van der Waals surface area contributed by atoms with E-state index in [0.29, 0.717) is 32.1 Å². The molecule has 1 aliphatic heterocycles. The standard InChI is InChI=1S/C14H20ClN5O4/c1-14(2,3)24-12(21)18-10-8-9(15)16-11(17-10)19-4-6-20(7-5-19)13(22)23/h8H,4-7H2,1-3H3,(H,22,23)(H,16,17,18,21). The third-order valence-corrected chi connectivity index (χ3v) is 3.34. The Morgan fingerprint density at radius 2 is 1.88 bits per heavy atom. The van der Waals surface area contributed by atoms with E-state index in [2.05, 4.69) is 15.3 Å². The van der Waals surface area contributed by atoms with Crippen LogP contribution in [0.1, 0.15) is 20.8 Å². The lowest BCUT2D eigenvalue weighted by Gasteiger charge is -2.33. The van der Waals surface area contributed by atoms with Crippen molar-refractivity contribution < 1.29 is 19.4 Å². The molecule has 1 aromatic heterocycles. The van der Waals surface area contributed by atoms with Crippen LogP contribution in [-0.4, -0.2) is 63.9 Å². The van der Waals surface area contributed by atoms with Gasteiger partial charge in [-0.05, 0) is 20.8 Å². The van der Waals surface area contributed by atoms with Crippen molar-refractivity contribution >= 4 is 35.6 Å². The Morgan fingerprint density at radius 3 is 2.42 bits per heavy atom. The fourth-order valence-corrected chi connectivity index (χ4v) is 2.30. The van der Waals surface area contributed by atoms with Crippen molar-refractivity contribution in [3.8, 4) is 0 Å². The third-order valence-electron chi connectivity index (χ3n) is 3.15. The predicted molar refractivity (Wildman–Crippen MR) is 88.7 cm³/mol. The summed E-state index contributed by atoms with van der Waals surface area (Å²) in [5.41, 5.74) is -0.628. The van der Waals surface area contributed by atoms with Gasteiger partial charge >= 0.3 is 12.2 Å². The second kappa shape index (κ2) is 7.08. The van der Waals surface area contributed by atoms with Gasteiger partial charge in [-0.25, -0.2) is 14.6 Å². The molecule has 1 saturated heterocycles. The van der Waals surface area contributed by atoms with E-state index in [4.69, 9.17) is 21.4 Å². The molecule has 1 aromatic rings. The molecule has 0 aromatic carbocycles. The largest absolute Gasteiger partial charge is 0.465 e. The normalized spacial score (nSPS) is 15.2. The molecule has 1 fully saturated rings. The van der Waals surface area contributed by atoms with E-state index in [1.165, 1.54) is 11.0 Å². The SMILES string of the molecule is CC(C)(C)OC(=O)Nc1cc(Cl)nc(N2CCN(C(=O)O)CC2)n1. The third kappa shape index (κ3) is 5.12. The molecule has 9 nitrogen and oxygen atoms in total. The first-order chi connectivity index (χ1) is 11.1. The van der Waals surface area contributed by atoms with E-state index in [9.17, 15) is 9.59 Å². The Morgan fingerprint density at radius 1 is 1.25 bits per heavy atom. The van der Waals surface area contributed by atoms with Crippen molar-refractivity contribution in [1.82, 2.24) is 14.9 Å². The molecule has 1 aliphatic rings. The van der Waals surface area contributed by atoms with Crippen molar-refractivity contribution in [3.05, 3.63) is 11.2 Å². The number of ether oxygens (including phenoxy) is 1. The molecular weight excluding hydrogens is 338 g/mol. The van der Waals surface area contributed by atoms with E-state index >= 15 is 0 Å². The summed E-state index contributed by atoms with van der Waals surface area (Å²) in [4.78, 5) is 34.3. The van der Waals surface area contributed by atoms with Crippen LogP contribution in [0, 0.1) is 0 Å². The molecule has 0 aliphatic carbocycles. The Kier molecular flexibility index (Phi) is 5.33. The monoisotopic (exact) mass is 357 g/mol. The number of nitrogens with one attached hydrogen (secondary N) is 1. The van der Waals surface area contributed by atoms with Gasteiger partial charge in [-0.3, -0.25) is 5.32 Å². The van der Waals surface area contributed by atoms with Crippen molar-refractivity contribution in [2.24, 2.45) is 0 Å². The fourth-order valence-electron chi connectivity index (χ4n) is 2.12. The first-order valence-corrected chi connectivity index (χ1v) is 7.79. The maximum Gasteiger partial charge on any atom is 0.413 e. The van der Waals surface area contributed by atoms with Crippen LogP contribution in [-0.2, 0) is 4.74 Å². The fraction of sp³-hybridized carbons (Fsp3) is 0.571. The number of anilines is 2. The molecule has 0 radical (unpaired) electrons. The maximum absolute atomic E-state index is 11.8. The summed E-state index contributed by atoms with van der Waals surface area (Å²) in [5.74, 6) is 0.554. The summed E-state index contributed by atoms with van der Waals surface area (Å²) in [7, 11) is 0. The van der Waals surface area contributed by atoms with Gasteiger partial charge in [0.05, 0.1) is 0 Å². The second-order valence-corrected chi connectivity index (χ2v) is 6.65. The molecule has 0 atom stereocenters. The highest BCUT2D eigenvalue weighted by atomic mass is 35.5.